The lowest BCUT2D eigenvalue weighted by Crippen LogP contribution is -2.35. The topological polar surface area (TPSA) is 36.8 Å². The first-order valence-corrected chi connectivity index (χ1v) is 16.2. The van der Waals surface area contributed by atoms with Gasteiger partial charge in [0, 0.05) is 16.5 Å². The smallest absolute Gasteiger partial charge is 0.198 e. The Bertz CT molecular complexity index is 2420. The maximum absolute atomic E-state index is 6.71. The molecule has 1 heterocycles. The van der Waals surface area contributed by atoms with Crippen molar-refractivity contribution in [2.45, 2.75) is 24.9 Å². The Morgan fingerprint density at radius 3 is 1.87 bits per heavy atom. The second kappa shape index (κ2) is 10.1. The van der Waals surface area contributed by atoms with E-state index in [2.05, 4.69) is 153 Å². The van der Waals surface area contributed by atoms with E-state index in [0.717, 1.165) is 16.7 Å². The molecule has 7 aromatic rings. The molecule has 46 heavy (non-hydrogen) atoms. The molecule has 220 valence electrons. The maximum atomic E-state index is 6.71. The van der Waals surface area contributed by atoms with Gasteiger partial charge in [0.15, 0.2) is 11.5 Å². The fraction of sp³-hybridized carbons (Fsp3) is 0.0952. The number of hydrogen-bond acceptors (Lipinski definition) is 3. The van der Waals surface area contributed by atoms with Crippen LogP contribution in [0.5, 0.6) is 0 Å². The molecule has 0 fully saturated rings. The third-order valence-electron chi connectivity index (χ3n) is 9.76. The Balaban J connectivity index is 1.12. The summed E-state index contributed by atoms with van der Waals surface area (Å²) in [5.41, 5.74) is 8.91. The van der Waals surface area contributed by atoms with Crippen molar-refractivity contribution >= 4 is 55.6 Å². The third-order valence-corrected chi connectivity index (χ3v) is 9.97. The lowest BCUT2D eigenvalue weighted by Gasteiger charge is -2.22. The number of amidine groups is 2. The Labute approximate surface area is 272 Å². The van der Waals surface area contributed by atoms with Gasteiger partial charge in [-0.15, -0.1) is 0 Å². The second-order valence-corrected chi connectivity index (χ2v) is 13.2. The predicted molar refractivity (Wildman–Crippen MR) is 194 cm³/mol. The first kappa shape index (κ1) is 27.1. The number of aliphatic imine (C=N–C) groups is 2. The van der Waals surface area contributed by atoms with Crippen molar-refractivity contribution in [3.63, 3.8) is 0 Å². The first-order chi connectivity index (χ1) is 22.5. The first-order valence-electron chi connectivity index (χ1n) is 15.7. The minimum absolute atomic E-state index is 0.0544. The minimum Gasteiger partial charge on any atom is -0.335 e. The van der Waals surface area contributed by atoms with Crippen molar-refractivity contribution in [3.05, 3.63) is 156 Å². The molecule has 0 saturated carbocycles. The predicted octanol–water partition coefficient (Wildman–Crippen LogP) is 10.4. The summed E-state index contributed by atoms with van der Waals surface area (Å²) in [5, 5.41) is 10.7. The molecule has 2 aliphatic rings. The molecule has 4 heteroatoms. The lowest BCUT2D eigenvalue weighted by atomic mass is 9.81. The fourth-order valence-electron chi connectivity index (χ4n) is 7.48. The summed E-state index contributed by atoms with van der Waals surface area (Å²) in [4.78, 5) is 9.74. The Kier molecular flexibility index (Phi) is 5.97. The highest BCUT2D eigenvalue weighted by Gasteiger charge is 2.35. The monoisotopic (exact) mass is 611 g/mol. The van der Waals surface area contributed by atoms with Crippen molar-refractivity contribution in [2.75, 3.05) is 0 Å². The summed E-state index contributed by atoms with van der Waals surface area (Å²) in [6.45, 7) is 4.63. The number of fused-ring (bicyclic) bond motifs is 9. The molecule has 0 aromatic heterocycles. The van der Waals surface area contributed by atoms with Gasteiger partial charge in [0.1, 0.15) is 5.84 Å². The average Bonchev–Trinajstić information content (AvgIpc) is 3.33. The van der Waals surface area contributed by atoms with E-state index in [0.29, 0.717) is 11.7 Å². The quantitative estimate of drug-likeness (QED) is 0.120. The number of benzene rings is 7. The number of alkyl halides is 1. The van der Waals surface area contributed by atoms with Gasteiger partial charge in [-0.25, -0.2) is 9.98 Å². The zero-order chi connectivity index (χ0) is 31.0. The van der Waals surface area contributed by atoms with Crippen molar-refractivity contribution in [3.8, 4) is 22.3 Å². The number of hydrogen-bond donors (Lipinski definition) is 1. The number of nitrogens with zero attached hydrogens (tertiary/aromatic N) is 2. The molecule has 0 bridgehead atoms. The van der Waals surface area contributed by atoms with Crippen LogP contribution in [0.4, 0.5) is 0 Å². The van der Waals surface area contributed by atoms with Crippen LogP contribution in [0.15, 0.2) is 143 Å². The van der Waals surface area contributed by atoms with Gasteiger partial charge in [0.2, 0.25) is 0 Å². The van der Waals surface area contributed by atoms with Crippen molar-refractivity contribution in [1.82, 2.24) is 5.32 Å². The van der Waals surface area contributed by atoms with Crippen LogP contribution < -0.4 is 5.32 Å². The summed E-state index contributed by atoms with van der Waals surface area (Å²) in [6.07, 6.45) is 0. The van der Waals surface area contributed by atoms with E-state index in [4.69, 9.17) is 21.6 Å². The molecule has 1 unspecified atom stereocenters. The van der Waals surface area contributed by atoms with E-state index in [9.17, 15) is 0 Å². The highest BCUT2D eigenvalue weighted by molar-refractivity contribution is 6.28. The molecular weight excluding hydrogens is 582 g/mol. The molecule has 0 radical (unpaired) electrons. The van der Waals surface area contributed by atoms with Gasteiger partial charge < -0.3 is 5.32 Å². The maximum Gasteiger partial charge on any atom is 0.198 e. The van der Waals surface area contributed by atoms with Crippen LogP contribution >= 0.6 is 11.6 Å². The molecule has 3 nitrogen and oxygen atoms in total. The van der Waals surface area contributed by atoms with Crippen LogP contribution in [0.2, 0.25) is 0 Å². The summed E-state index contributed by atoms with van der Waals surface area (Å²) >= 11 is 6.71. The van der Waals surface area contributed by atoms with Crippen LogP contribution in [0.1, 0.15) is 36.1 Å². The van der Waals surface area contributed by atoms with Crippen LogP contribution in [-0.4, -0.2) is 17.3 Å². The van der Waals surface area contributed by atoms with Gasteiger partial charge in [0.05, 0.1) is 0 Å². The van der Waals surface area contributed by atoms with Crippen molar-refractivity contribution in [2.24, 2.45) is 9.98 Å². The zero-order valence-corrected chi connectivity index (χ0v) is 26.3. The highest BCUT2D eigenvalue weighted by Crippen LogP contribution is 2.49. The van der Waals surface area contributed by atoms with Gasteiger partial charge in [-0.1, -0.05) is 141 Å². The Morgan fingerprint density at radius 2 is 1.11 bits per heavy atom. The normalized spacial score (nSPS) is 16.5. The van der Waals surface area contributed by atoms with E-state index in [1.54, 1.807) is 0 Å². The van der Waals surface area contributed by atoms with Crippen LogP contribution in [0.3, 0.4) is 0 Å². The summed E-state index contributed by atoms with van der Waals surface area (Å²) < 4.78 is 0. The Morgan fingerprint density at radius 1 is 0.522 bits per heavy atom. The van der Waals surface area contributed by atoms with Gasteiger partial charge in [-0.3, -0.25) is 0 Å². The summed E-state index contributed by atoms with van der Waals surface area (Å²) in [5.74, 6) is 1.33. The second-order valence-electron chi connectivity index (χ2n) is 12.8. The standard InChI is InChI=1S/C42H30ClN3/c1-42(2)37-17-8-7-16-34(37)35-21-18-26(24-38(35)42)25-10-9-11-27(22-25)39-44-40(46-41(43)45-39)28-19-20-33-31-14-4-3-12-29(31)30-13-5-6-15-32(30)36(33)23-28/h3-24,41H,1-2H3,(H,44,45,46). The molecule has 1 N–H and O–H groups in total. The summed E-state index contributed by atoms with van der Waals surface area (Å²) in [6, 6.07) is 47.8. The molecule has 0 saturated heterocycles. The Hall–Kier alpha value is -5.25. The van der Waals surface area contributed by atoms with Gasteiger partial charge in [0.25, 0.3) is 0 Å². The molecule has 7 aromatic carbocycles. The molecule has 0 amide bonds. The third kappa shape index (κ3) is 4.12. The van der Waals surface area contributed by atoms with Gasteiger partial charge in [-0.2, -0.15) is 0 Å². The van der Waals surface area contributed by atoms with E-state index in [-0.39, 0.29) is 5.41 Å². The molecule has 1 aliphatic carbocycles. The van der Waals surface area contributed by atoms with E-state index < -0.39 is 5.62 Å². The number of nitrogens with one attached hydrogen (secondary N) is 1. The fourth-order valence-corrected chi connectivity index (χ4v) is 7.68. The molecule has 1 aliphatic heterocycles. The number of halogens is 1. The number of rotatable bonds is 3. The van der Waals surface area contributed by atoms with Gasteiger partial charge in [-0.05, 0) is 83.9 Å². The van der Waals surface area contributed by atoms with Crippen LogP contribution in [0.25, 0.3) is 54.6 Å². The SMILES string of the molecule is CC1(C)c2ccccc2-c2ccc(-c3cccc(C4=NC(Cl)NC(c5ccc6c7ccccc7c7ccccc7c6c5)=N4)c3)cc21. The molecular formula is C42H30ClN3. The lowest BCUT2D eigenvalue weighted by molar-refractivity contribution is 0.660. The van der Waals surface area contributed by atoms with E-state index in [1.807, 2.05) is 0 Å². The minimum atomic E-state index is -0.630. The molecule has 0 spiro atoms. The molecule has 9 rings (SSSR count). The largest absolute Gasteiger partial charge is 0.335 e. The van der Waals surface area contributed by atoms with Crippen molar-refractivity contribution < 1.29 is 0 Å². The molecule has 1 atom stereocenters. The zero-order valence-electron chi connectivity index (χ0n) is 25.6. The van der Waals surface area contributed by atoms with Crippen LogP contribution in [0, 0.1) is 0 Å². The average molecular weight is 612 g/mol. The highest BCUT2D eigenvalue weighted by atomic mass is 35.5. The van der Waals surface area contributed by atoms with E-state index in [1.165, 1.54) is 60.1 Å². The van der Waals surface area contributed by atoms with Gasteiger partial charge >= 0.3 is 0 Å². The summed E-state index contributed by atoms with van der Waals surface area (Å²) in [7, 11) is 0. The van der Waals surface area contributed by atoms with Crippen molar-refractivity contribution in [1.29, 1.82) is 0 Å². The van der Waals surface area contributed by atoms with Crippen LogP contribution in [-0.2, 0) is 5.41 Å². The van der Waals surface area contributed by atoms with E-state index >= 15 is 0 Å².